The molecule has 0 N–H and O–H groups in total. The van der Waals surface area contributed by atoms with Gasteiger partial charge in [0.15, 0.2) is 0 Å². The highest BCUT2D eigenvalue weighted by Gasteiger charge is 2.46. The summed E-state index contributed by atoms with van der Waals surface area (Å²) in [4.78, 5) is 10.4. The third kappa shape index (κ3) is 1.31. The van der Waals surface area contributed by atoms with Crippen molar-refractivity contribution in [3.63, 3.8) is 0 Å². The maximum absolute atomic E-state index is 10.4. The zero-order chi connectivity index (χ0) is 8.60. The average Bonchev–Trinajstić information content (AvgIpc) is 2.85. The van der Waals surface area contributed by atoms with E-state index in [1.165, 1.54) is 0 Å². The van der Waals surface area contributed by atoms with Crippen LogP contribution in [0.25, 0.3) is 0 Å². The molecule has 1 heterocycles. The second-order valence-electron chi connectivity index (χ2n) is 3.97. The maximum Gasteiger partial charge on any atom is 0.145 e. The van der Waals surface area contributed by atoms with Crippen molar-refractivity contribution in [2.24, 2.45) is 5.92 Å². The maximum atomic E-state index is 10.4. The molecule has 0 unspecified atom stereocenters. The quantitative estimate of drug-likeness (QED) is 0.461. The van der Waals surface area contributed by atoms with Crippen molar-refractivity contribution in [3.8, 4) is 0 Å². The molecule has 0 bridgehead atoms. The largest absolute Gasteiger partial charge is 0.370 e. The molecular formula is C10H14O2. The number of ether oxygens (including phenoxy) is 1. The van der Waals surface area contributed by atoms with Crippen molar-refractivity contribution >= 4 is 6.29 Å². The summed E-state index contributed by atoms with van der Waals surface area (Å²) in [5.74, 6) is 0.640. The summed E-state index contributed by atoms with van der Waals surface area (Å²) in [5.41, 5.74) is 1.11. The molecule has 2 atom stereocenters. The molecule has 2 aliphatic rings. The fourth-order valence-electron chi connectivity index (χ4n) is 1.87. The topological polar surface area (TPSA) is 29.6 Å². The number of rotatable bonds is 2. The molecule has 12 heavy (non-hydrogen) atoms. The highest BCUT2D eigenvalue weighted by atomic mass is 16.6. The van der Waals surface area contributed by atoms with Gasteiger partial charge < -0.3 is 4.74 Å². The number of carbonyl (C=O) groups excluding carboxylic acids is 1. The van der Waals surface area contributed by atoms with Gasteiger partial charge in [-0.05, 0) is 37.7 Å². The van der Waals surface area contributed by atoms with Crippen molar-refractivity contribution in [1.82, 2.24) is 0 Å². The predicted octanol–water partition coefficient (Wildman–Crippen LogP) is 1.70. The van der Waals surface area contributed by atoms with E-state index in [0.717, 1.165) is 37.7 Å². The number of carbonyl (C=O) groups is 1. The fourth-order valence-corrected chi connectivity index (χ4v) is 1.87. The van der Waals surface area contributed by atoms with Crippen molar-refractivity contribution in [2.45, 2.75) is 31.8 Å². The molecule has 0 aromatic carbocycles. The Morgan fingerprint density at radius 1 is 1.75 bits per heavy atom. The van der Waals surface area contributed by atoms with Gasteiger partial charge in [0.1, 0.15) is 6.29 Å². The summed E-state index contributed by atoms with van der Waals surface area (Å²) in [6.07, 6.45) is 6.11. The van der Waals surface area contributed by atoms with Crippen LogP contribution in [0.3, 0.4) is 0 Å². The van der Waals surface area contributed by atoms with Crippen molar-refractivity contribution < 1.29 is 9.53 Å². The fraction of sp³-hybridized carbons (Fsp3) is 0.700. The second kappa shape index (κ2) is 2.70. The van der Waals surface area contributed by atoms with Crippen LogP contribution in [0.5, 0.6) is 0 Å². The highest BCUT2D eigenvalue weighted by molar-refractivity contribution is 5.73. The smallest absolute Gasteiger partial charge is 0.145 e. The van der Waals surface area contributed by atoms with Gasteiger partial charge >= 0.3 is 0 Å². The lowest BCUT2D eigenvalue weighted by Crippen LogP contribution is -2.22. The first-order chi connectivity index (χ1) is 5.74. The molecule has 2 nitrogen and oxygen atoms in total. The van der Waals surface area contributed by atoms with Crippen LogP contribution >= 0.6 is 0 Å². The van der Waals surface area contributed by atoms with Crippen LogP contribution in [-0.4, -0.2) is 18.5 Å². The normalized spacial score (nSPS) is 40.4. The van der Waals surface area contributed by atoms with Gasteiger partial charge in [0.05, 0.1) is 12.2 Å². The third-order valence-electron chi connectivity index (χ3n) is 3.06. The summed E-state index contributed by atoms with van der Waals surface area (Å²) < 4.78 is 5.39. The molecule has 1 fully saturated rings. The van der Waals surface area contributed by atoms with Crippen LogP contribution in [0.4, 0.5) is 0 Å². The molecule has 0 amide bonds. The van der Waals surface area contributed by atoms with E-state index in [4.69, 9.17) is 4.74 Å². The van der Waals surface area contributed by atoms with Gasteiger partial charge in [-0.3, -0.25) is 4.79 Å². The number of epoxide rings is 1. The van der Waals surface area contributed by atoms with E-state index in [1.807, 2.05) is 0 Å². The van der Waals surface area contributed by atoms with E-state index in [9.17, 15) is 4.79 Å². The van der Waals surface area contributed by atoms with Crippen LogP contribution in [0, 0.1) is 5.92 Å². The Balaban J connectivity index is 1.98. The highest BCUT2D eigenvalue weighted by Crippen LogP contribution is 2.41. The lowest BCUT2D eigenvalue weighted by Gasteiger charge is -2.23. The monoisotopic (exact) mass is 166 g/mol. The lowest BCUT2D eigenvalue weighted by atomic mass is 9.82. The number of hydrogen-bond donors (Lipinski definition) is 0. The molecule has 1 aliphatic carbocycles. The third-order valence-corrected chi connectivity index (χ3v) is 3.06. The van der Waals surface area contributed by atoms with Crippen LogP contribution < -0.4 is 0 Å². The summed E-state index contributed by atoms with van der Waals surface area (Å²) >= 11 is 0. The molecule has 0 saturated carbocycles. The summed E-state index contributed by atoms with van der Waals surface area (Å²) in [5, 5.41) is 0. The van der Waals surface area contributed by atoms with E-state index in [0.29, 0.717) is 5.92 Å². The van der Waals surface area contributed by atoms with E-state index in [1.54, 1.807) is 0 Å². The standard InChI is InChI=1S/C10H14O2/c1-10(7-12-10)9-4-2-8(6-11)3-5-9/h2,6,9H,3-5,7H2,1H3/t9-,10-/m1/s1. The van der Waals surface area contributed by atoms with Crippen LogP contribution in [0.1, 0.15) is 26.2 Å². The van der Waals surface area contributed by atoms with Gasteiger partial charge in [-0.2, -0.15) is 0 Å². The Morgan fingerprint density at radius 2 is 2.50 bits per heavy atom. The molecule has 0 aromatic heterocycles. The van der Waals surface area contributed by atoms with Crippen LogP contribution in [-0.2, 0) is 9.53 Å². The molecule has 2 rings (SSSR count). The SMILES string of the molecule is C[C@]1([C@@H]2CC=C(C=O)CC2)CO1. The first-order valence-corrected chi connectivity index (χ1v) is 4.53. The molecule has 0 radical (unpaired) electrons. The Morgan fingerprint density at radius 3 is 2.92 bits per heavy atom. The van der Waals surface area contributed by atoms with Crippen molar-refractivity contribution in [2.75, 3.05) is 6.61 Å². The van der Waals surface area contributed by atoms with Crippen LogP contribution in [0.2, 0.25) is 0 Å². The zero-order valence-corrected chi connectivity index (χ0v) is 7.38. The summed E-state index contributed by atoms with van der Waals surface area (Å²) in [7, 11) is 0. The minimum absolute atomic E-state index is 0.144. The van der Waals surface area contributed by atoms with Crippen molar-refractivity contribution in [3.05, 3.63) is 11.6 Å². The molecule has 0 spiro atoms. The molecule has 0 aromatic rings. The molecule has 1 aliphatic heterocycles. The van der Waals surface area contributed by atoms with Gasteiger partial charge in [0.2, 0.25) is 0 Å². The minimum Gasteiger partial charge on any atom is -0.370 e. The molecular weight excluding hydrogens is 152 g/mol. The van der Waals surface area contributed by atoms with Gasteiger partial charge in [0, 0.05) is 0 Å². The number of allylic oxidation sites excluding steroid dienone is 2. The Kier molecular flexibility index (Phi) is 1.80. The van der Waals surface area contributed by atoms with E-state index < -0.39 is 0 Å². The van der Waals surface area contributed by atoms with Gasteiger partial charge in [-0.15, -0.1) is 0 Å². The van der Waals surface area contributed by atoms with E-state index in [2.05, 4.69) is 13.0 Å². The average molecular weight is 166 g/mol. The van der Waals surface area contributed by atoms with E-state index >= 15 is 0 Å². The Labute approximate surface area is 72.6 Å². The number of aldehydes is 1. The summed E-state index contributed by atoms with van der Waals surface area (Å²) in [6.45, 7) is 3.07. The van der Waals surface area contributed by atoms with Crippen LogP contribution in [0.15, 0.2) is 11.6 Å². The second-order valence-corrected chi connectivity index (χ2v) is 3.97. The Hall–Kier alpha value is -0.630. The first-order valence-electron chi connectivity index (χ1n) is 4.53. The van der Waals surface area contributed by atoms with Gasteiger partial charge in [-0.1, -0.05) is 6.08 Å². The molecule has 66 valence electrons. The number of hydrogen-bond acceptors (Lipinski definition) is 2. The lowest BCUT2D eigenvalue weighted by molar-refractivity contribution is -0.105. The van der Waals surface area contributed by atoms with Gasteiger partial charge in [0.25, 0.3) is 0 Å². The first kappa shape index (κ1) is 7.99. The zero-order valence-electron chi connectivity index (χ0n) is 7.38. The minimum atomic E-state index is 0.144. The molecule has 2 heteroatoms. The predicted molar refractivity (Wildman–Crippen MR) is 45.8 cm³/mol. The molecule has 1 saturated heterocycles. The Bertz CT molecular complexity index is 226. The van der Waals surface area contributed by atoms with Crippen molar-refractivity contribution in [1.29, 1.82) is 0 Å². The van der Waals surface area contributed by atoms with Gasteiger partial charge in [-0.25, -0.2) is 0 Å². The van der Waals surface area contributed by atoms with E-state index in [-0.39, 0.29) is 5.60 Å². The summed E-state index contributed by atoms with van der Waals surface area (Å²) in [6, 6.07) is 0.